The smallest absolute Gasteiger partial charge is 0.407 e. The van der Waals surface area contributed by atoms with E-state index in [1.54, 1.807) is 0 Å². The first-order valence-electron chi connectivity index (χ1n) is 5.51. The molecule has 0 aromatic rings. The van der Waals surface area contributed by atoms with Gasteiger partial charge in [-0.3, -0.25) is 4.79 Å². The Kier molecular flexibility index (Phi) is 3.00. The van der Waals surface area contributed by atoms with Gasteiger partial charge in [-0.05, 0) is 12.8 Å². The maximum Gasteiger partial charge on any atom is 0.407 e. The van der Waals surface area contributed by atoms with Crippen molar-refractivity contribution in [3.63, 3.8) is 0 Å². The summed E-state index contributed by atoms with van der Waals surface area (Å²) in [6.07, 6.45) is 2.42. The van der Waals surface area contributed by atoms with Gasteiger partial charge in [-0.2, -0.15) is 0 Å². The second-order valence-electron chi connectivity index (χ2n) is 4.37. The first-order chi connectivity index (χ1) is 7.60. The van der Waals surface area contributed by atoms with Gasteiger partial charge in [0.05, 0.1) is 6.54 Å². The topological polar surface area (TPSA) is 90.7 Å². The summed E-state index contributed by atoms with van der Waals surface area (Å²) in [6.45, 7) is 0.459. The highest BCUT2D eigenvalue weighted by molar-refractivity contribution is 5.81. The van der Waals surface area contributed by atoms with Crippen LogP contribution in [0.25, 0.3) is 0 Å². The molecule has 1 aliphatic heterocycles. The molecule has 0 radical (unpaired) electrons. The summed E-state index contributed by atoms with van der Waals surface area (Å²) in [5.74, 6) is -0.382. The normalized spacial score (nSPS) is 27.3. The zero-order chi connectivity index (χ0) is 11.6. The number of carbonyl (C=O) groups excluding carboxylic acids is 2. The molecule has 16 heavy (non-hydrogen) atoms. The van der Waals surface area contributed by atoms with Crippen molar-refractivity contribution in [3.05, 3.63) is 0 Å². The molecule has 6 nitrogen and oxygen atoms in total. The quantitative estimate of drug-likeness (QED) is 0.659. The van der Waals surface area contributed by atoms with Gasteiger partial charge in [0, 0.05) is 0 Å². The van der Waals surface area contributed by atoms with Crippen molar-refractivity contribution in [2.45, 2.75) is 37.3 Å². The fraction of sp³-hybridized carbons (Fsp3) is 0.800. The van der Waals surface area contributed by atoms with Crippen LogP contribution >= 0.6 is 0 Å². The number of hydrogen-bond acceptors (Lipinski definition) is 5. The first-order valence-corrected chi connectivity index (χ1v) is 5.51. The molecular weight excluding hydrogens is 212 g/mol. The third-order valence-electron chi connectivity index (χ3n) is 3.05. The third-order valence-corrected chi connectivity index (χ3v) is 3.05. The standard InChI is InChI=1S/C10H16N2O4/c11-10(3-1-2-4-10)8(13)15-6-7-5-12-9(14)16-7/h7H,1-6,11H2,(H,12,14)/t7-/m1/s1. The maximum absolute atomic E-state index is 11.7. The monoisotopic (exact) mass is 228 g/mol. The number of carbonyl (C=O) groups is 2. The summed E-state index contributed by atoms with van der Waals surface area (Å²) in [7, 11) is 0. The molecule has 6 heteroatoms. The molecule has 1 amide bonds. The van der Waals surface area contributed by atoms with E-state index < -0.39 is 11.6 Å². The molecule has 2 aliphatic rings. The lowest BCUT2D eigenvalue weighted by atomic mass is 10.00. The summed E-state index contributed by atoms with van der Waals surface area (Å²) in [6, 6.07) is 0. The van der Waals surface area contributed by atoms with Crippen LogP contribution in [0.3, 0.4) is 0 Å². The molecule has 0 bridgehead atoms. The van der Waals surface area contributed by atoms with Crippen LogP contribution in [-0.4, -0.2) is 36.9 Å². The average Bonchev–Trinajstić information content (AvgIpc) is 2.85. The van der Waals surface area contributed by atoms with Gasteiger partial charge in [-0.15, -0.1) is 0 Å². The molecule has 1 aliphatic carbocycles. The Morgan fingerprint density at radius 2 is 2.25 bits per heavy atom. The number of nitrogens with two attached hydrogens (primary N) is 1. The molecule has 3 N–H and O–H groups in total. The van der Waals surface area contributed by atoms with Crippen LogP contribution in [0, 0.1) is 0 Å². The largest absolute Gasteiger partial charge is 0.460 e. The summed E-state index contributed by atoms with van der Waals surface area (Å²) in [4.78, 5) is 22.4. The highest BCUT2D eigenvalue weighted by Crippen LogP contribution is 2.28. The highest BCUT2D eigenvalue weighted by atomic mass is 16.6. The van der Waals surface area contributed by atoms with E-state index in [2.05, 4.69) is 5.32 Å². The Morgan fingerprint density at radius 1 is 1.56 bits per heavy atom. The predicted octanol–water partition coefficient (Wildman–Crippen LogP) is -0.0905. The lowest BCUT2D eigenvalue weighted by molar-refractivity contribution is -0.152. The van der Waals surface area contributed by atoms with Gasteiger partial charge in [-0.25, -0.2) is 4.79 Å². The van der Waals surface area contributed by atoms with Crippen molar-refractivity contribution >= 4 is 12.1 Å². The van der Waals surface area contributed by atoms with E-state index in [0.717, 1.165) is 12.8 Å². The molecule has 1 saturated heterocycles. The van der Waals surface area contributed by atoms with E-state index in [4.69, 9.17) is 15.2 Å². The van der Waals surface area contributed by atoms with E-state index in [9.17, 15) is 9.59 Å². The lowest BCUT2D eigenvalue weighted by Gasteiger charge is -2.21. The molecular formula is C10H16N2O4. The zero-order valence-electron chi connectivity index (χ0n) is 9.03. The Hall–Kier alpha value is -1.30. The molecule has 0 unspecified atom stereocenters. The molecule has 0 spiro atoms. The van der Waals surface area contributed by atoms with Gasteiger partial charge in [0.1, 0.15) is 12.1 Å². The summed E-state index contributed by atoms with van der Waals surface area (Å²) >= 11 is 0. The second kappa shape index (κ2) is 4.29. The molecule has 2 rings (SSSR count). The lowest BCUT2D eigenvalue weighted by Crippen LogP contribution is -2.47. The minimum atomic E-state index is -0.823. The Bertz CT molecular complexity index is 299. The zero-order valence-corrected chi connectivity index (χ0v) is 9.03. The highest BCUT2D eigenvalue weighted by Gasteiger charge is 2.39. The fourth-order valence-corrected chi connectivity index (χ4v) is 2.05. The second-order valence-corrected chi connectivity index (χ2v) is 4.37. The minimum Gasteiger partial charge on any atom is -0.460 e. The minimum absolute atomic E-state index is 0.0799. The number of amides is 1. The van der Waals surface area contributed by atoms with E-state index >= 15 is 0 Å². The summed E-state index contributed by atoms with van der Waals surface area (Å²) in [5, 5.41) is 2.49. The average molecular weight is 228 g/mol. The number of nitrogens with one attached hydrogen (secondary N) is 1. The number of ether oxygens (including phenoxy) is 2. The number of rotatable bonds is 3. The van der Waals surface area contributed by atoms with E-state index in [0.29, 0.717) is 19.4 Å². The SMILES string of the molecule is NC1(C(=O)OC[C@H]2CNC(=O)O2)CCCC1. The van der Waals surface area contributed by atoms with Crippen molar-refractivity contribution in [1.82, 2.24) is 5.32 Å². The number of hydrogen-bond donors (Lipinski definition) is 2. The van der Waals surface area contributed by atoms with Crippen LogP contribution in [0.4, 0.5) is 4.79 Å². The first kappa shape index (κ1) is 11.2. The fourth-order valence-electron chi connectivity index (χ4n) is 2.05. The van der Waals surface area contributed by atoms with Crippen LogP contribution in [0.1, 0.15) is 25.7 Å². The molecule has 1 heterocycles. The molecule has 90 valence electrons. The molecule has 0 aromatic carbocycles. The number of alkyl carbamates (subject to hydrolysis) is 1. The van der Waals surface area contributed by atoms with Gasteiger partial charge in [-0.1, -0.05) is 12.8 Å². The van der Waals surface area contributed by atoms with Gasteiger partial charge in [0.25, 0.3) is 0 Å². The number of cyclic esters (lactones) is 1. The molecule has 0 aromatic heterocycles. The van der Waals surface area contributed by atoms with E-state index in [-0.39, 0.29) is 18.7 Å². The van der Waals surface area contributed by atoms with Crippen molar-refractivity contribution in [1.29, 1.82) is 0 Å². The van der Waals surface area contributed by atoms with Crippen molar-refractivity contribution in [3.8, 4) is 0 Å². The van der Waals surface area contributed by atoms with Crippen LogP contribution in [0.15, 0.2) is 0 Å². The van der Waals surface area contributed by atoms with Gasteiger partial charge in [0.2, 0.25) is 0 Å². The van der Waals surface area contributed by atoms with Crippen LogP contribution in [0.5, 0.6) is 0 Å². The molecule has 2 fully saturated rings. The van der Waals surface area contributed by atoms with Crippen molar-refractivity contribution in [2.75, 3.05) is 13.2 Å². The maximum atomic E-state index is 11.7. The third kappa shape index (κ3) is 2.27. The van der Waals surface area contributed by atoms with Gasteiger partial charge >= 0.3 is 12.1 Å². The molecule has 1 atom stereocenters. The predicted molar refractivity (Wildman–Crippen MR) is 54.6 cm³/mol. The summed E-state index contributed by atoms with van der Waals surface area (Å²) in [5.41, 5.74) is 5.09. The van der Waals surface area contributed by atoms with Crippen LogP contribution < -0.4 is 11.1 Å². The van der Waals surface area contributed by atoms with Gasteiger partial charge in [0.15, 0.2) is 6.10 Å². The van der Waals surface area contributed by atoms with Gasteiger partial charge < -0.3 is 20.5 Å². The van der Waals surface area contributed by atoms with Crippen LogP contribution in [0.2, 0.25) is 0 Å². The van der Waals surface area contributed by atoms with E-state index in [1.165, 1.54) is 0 Å². The Morgan fingerprint density at radius 3 is 2.81 bits per heavy atom. The Labute approximate surface area is 93.5 Å². The summed E-state index contributed by atoms with van der Waals surface area (Å²) < 4.78 is 9.92. The van der Waals surface area contributed by atoms with Crippen molar-refractivity contribution < 1.29 is 19.1 Å². The van der Waals surface area contributed by atoms with E-state index in [1.807, 2.05) is 0 Å². The van der Waals surface area contributed by atoms with Crippen molar-refractivity contribution in [2.24, 2.45) is 5.73 Å². The Balaban J connectivity index is 1.77. The molecule has 1 saturated carbocycles. The number of esters is 1. The van der Waals surface area contributed by atoms with Crippen LogP contribution in [-0.2, 0) is 14.3 Å².